The van der Waals surface area contributed by atoms with Crippen LogP contribution in [-0.2, 0) is 16.0 Å². The van der Waals surface area contributed by atoms with Gasteiger partial charge in [0.2, 0.25) is 11.8 Å². The number of carbonyl (C=O) groups excluding carboxylic acids is 2. The molecule has 0 radical (unpaired) electrons. The molecule has 5 nitrogen and oxygen atoms in total. The van der Waals surface area contributed by atoms with E-state index in [1.807, 2.05) is 13.8 Å². The van der Waals surface area contributed by atoms with Crippen molar-refractivity contribution < 1.29 is 18.7 Å². The van der Waals surface area contributed by atoms with Crippen molar-refractivity contribution in [3.8, 4) is 5.75 Å². The van der Waals surface area contributed by atoms with Gasteiger partial charge in [0.15, 0.2) is 0 Å². The minimum absolute atomic E-state index is 0.0913. The molecule has 0 heterocycles. The molecule has 0 fully saturated rings. The third kappa shape index (κ3) is 5.88. The molecule has 0 aliphatic rings. The van der Waals surface area contributed by atoms with Gasteiger partial charge in [0, 0.05) is 18.2 Å². The fraction of sp³-hybridized carbons (Fsp3) is 0.300. The number of anilines is 2. The van der Waals surface area contributed by atoms with Gasteiger partial charge < -0.3 is 15.4 Å². The third-order valence-corrected chi connectivity index (χ3v) is 3.63. The minimum Gasteiger partial charge on any atom is -0.494 e. The quantitative estimate of drug-likeness (QED) is 0.786. The summed E-state index contributed by atoms with van der Waals surface area (Å²) >= 11 is 0. The third-order valence-electron chi connectivity index (χ3n) is 3.63. The zero-order valence-corrected chi connectivity index (χ0v) is 15.1. The smallest absolute Gasteiger partial charge is 0.228 e. The van der Waals surface area contributed by atoms with Crippen LogP contribution < -0.4 is 15.4 Å². The summed E-state index contributed by atoms with van der Waals surface area (Å²) in [7, 11) is 1.50. The molecular weight excluding hydrogens is 335 g/mol. The predicted octanol–water partition coefficient (Wildman–Crippen LogP) is 4.00. The first kappa shape index (κ1) is 19.4. The highest BCUT2D eigenvalue weighted by Crippen LogP contribution is 2.28. The van der Waals surface area contributed by atoms with Gasteiger partial charge in [-0.1, -0.05) is 26.0 Å². The summed E-state index contributed by atoms with van der Waals surface area (Å²) in [5, 5.41) is 5.57. The lowest BCUT2D eigenvalue weighted by atomic mass is 10.1. The predicted molar refractivity (Wildman–Crippen MR) is 99.8 cm³/mol. The molecule has 0 atom stereocenters. The van der Waals surface area contributed by atoms with Crippen molar-refractivity contribution >= 4 is 23.2 Å². The average Bonchev–Trinajstić information content (AvgIpc) is 2.57. The molecule has 6 heteroatoms. The van der Waals surface area contributed by atoms with Crippen LogP contribution in [0.15, 0.2) is 42.5 Å². The Morgan fingerprint density at radius 2 is 1.73 bits per heavy atom. The summed E-state index contributed by atoms with van der Waals surface area (Å²) < 4.78 is 18.2. The molecule has 2 amide bonds. The first-order valence-corrected chi connectivity index (χ1v) is 8.39. The molecule has 0 saturated carbocycles. The van der Waals surface area contributed by atoms with Gasteiger partial charge in [0.25, 0.3) is 0 Å². The summed E-state index contributed by atoms with van der Waals surface area (Å²) in [5.74, 6) is 0.0587. The van der Waals surface area contributed by atoms with Crippen LogP contribution in [0, 0.1) is 11.7 Å². The fourth-order valence-corrected chi connectivity index (χ4v) is 2.44. The first-order valence-electron chi connectivity index (χ1n) is 8.39. The maximum atomic E-state index is 12.9. The average molecular weight is 358 g/mol. The first-order chi connectivity index (χ1) is 12.4. The van der Waals surface area contributed by atoms with Gasteiger partial charge in [-0.05, 0) is 35.7 Å². The van der Waals surface area contributed by atoms with Crippen LogP contribution in [0.3, 0.4) is 0 Å². The largest absolute Gasteiger partial charge is 0.494 e. The maximum absolute atomic E-state index is 12.9. The van der Waals surface area contributed by atoms with Crippen molar-refractivity contribution in [3.63, 3.8) is 0 Å². The molecule has 0 aromatic heterocycles. The highest BCUT2D eigenvalue weighted by Gasteiger charge is 2.11. The number of methoxy groups -OCH3 is 1. The van der Waals surface area contributed by atoms with Gasteiger partial charge in [-0.15, -0.1) is 0 Å². The van der Waals surface area contributed by atoms with Crippen molar-refractivity contribution in [2.45, 2.75) is 26.7 Å². The standard InChI is InChI=1S/C20H23FN2O3/c1-13(2)10-19(24)23-17-9-8-16(12-18(17)26-3)22-20(25)11-14-4-6-15(21)7-5-14/h4-9,12-13H,10-11H2,1-3H3,(H,22,25)(H,23,24). The molecule has 0 aliphatic heterocycles. The minimum atomic E-state index is -0.339. The van der Waals surface area contributed by atoms with Crippen molar-refractivity contribution in [2.75, 3.05) is 17.7 Å². The van der Waals surface area contributed by atoms with Crippen molar-refractivity contribution in [1.29, 1.82) is 0 Å². The lowest BCUT2D eigenvalue weighted by molar-refractivity contribution is -0.117. The molecule has 0 saturated heterocycles. The second-order valence-electron chi connectivity index (χ2n) is 6.41. The zero-order chi connectivity index (χ0) is 19.1. The van der Waals surface area contributed by atoms with Crippen molar-refractivity contribution in [3.05, 3.63) is 53.8 Å². The number of nitrogens with one attached hydrogen (secondary N) is 2. The van der Waals surface area contributed by atoms with Crippen molar-refractivity contribution in [2.24, 2.45) is 5.92 Å². The highest BCUT2D eigenvalue weighted by atomic mass is 19.1. The zero-order valence-electron chi connectivity index (χ0n) is 15.1. The van der Waals surface area contributed by atoms with E-state index in [9.17, 15) is 14.0 Å². The van der Waals surface area contributed by atoms with E-state index in [1.165, 1.54) is 19.2 Å². The molecule has 2 N–H and O–H groups in total. The monoisotopic (exact) mass is 358 g/mol. The van der Waals surface area contributed by atoms with Gasteiger partial charge in [-0.25, -0.2) is 4.39 Å². The van der Waals surface area contributed by atoms with Gasteiger partial charge in [0.05, 0.1) is 19.2 Å². The van der Waals surface area contributed by atoms with Crippen LogP contribution in [-0.4, -0.2) is 18.9 Å². The second-order valence-corrected chi connectivity index (χ2v) is 6.41. The van der Waals surface area contributed by atoms with E-state index in [0.29, 0.717) is 29.1 Å². The molecule has 26 heavy (non-hydrogen) atoms. The molecule has 2 aromatic carbocycles. The Balaban J connectivity index is 2.02. The van der Waals surface area contributed by atoms with Crippen LogP contribution >= 0.6 is 0 Å². The summed E-state index contributed by atoms with van der Waals surface area (Å²) in [5.41, 5.74) is 1.82. The van der Waals surface area contributed by atoms with Crippen LogP contribution in [0.5, 0.6) is 5.75 Å². The van der Waals surface area contributed by atoms with Gasteiger partial charge >= 0.3 is 0 Å². The highest BCUT2D eigenvalue weighted by molar-refractivity contribution is 5.95. The number of ether oxygens (including phenoxy) is 1. The SMILES string of the molecule is COc1cc(NC(=O)Cc2ccc(F)cc2)ccc1NC(=O)CC(C)C. The Kier molecular flexibility index (Phi) is 6.72. The van der Waals surface area contributed by atoms with Crippen LogP contribution in [0.4, 0.5) is 15.8 Å². The topological polar surface area (TPSA) is 67.4 Å². The number of carbonyl (C=O) groups is 2. The molecule has 2 aromatic rings. The Labute approximate surface area is 152 Å². The van der Waals surface area contributed by atoms with E-state index in [2.05, 4.69) is 10.6 Å². The lowest BCUT2D eigenvalue weighted by Crippen LogP contribution is -2.16. The number of benzene rings is 2. The maximum Gasteiger partial charge on any atom is 0.228 e. The number of halogens is 1. The molecule has 2 rings (SSSR count). The van der Waals surface area contributed by atoms with E-state index in [1.54, 1.807) is 30.3 Å². The van der Waals surface area contributed by atoms with Gasteiger partial charge in [-0.3, -0.25) is 9.59 Å². The Bertz CT molecular complexity index is 773. The molecule has 0 aliphatic carbocycles. The lowest BCUT2D eigenvalue weighted by Gasteiger charge is -2.13. The fourth-order valence-electron chi connectivity index (χ4n) is 2.44. The number of hydrogen-bond donors (Lipinski definition) is 2. The Morgan fingerprint density at radius 3 is 2.35 bits per heavy atom. The van der Waals surface area contributed by atoms with Crippen LogP contribution in [0.25, 0.3) is 0 Å². The number of hydrogen-bond acceptors (Lipinski definition) is 3. The van der Waals surface area contributed by atoms with Crippen LogP contribution in [0.1, 0.15) is 25.8 Å². The second kappa shape index (κ2) is 8.99. The van der Waals surface area contributed by atoms with E-state index in [-0.39, 0.29) is 30.0 Å². The molecular formula is C20H23FN2O3. The molecule has 0 unspecified atom stereocenters. The normalized spacial score (nSPS) is 10.5. The van der Waals surface area contributed by atoms with E-state index in [0.717, 1.165) is 0 Å². The summed E-state index contributed by atoms with van der Waals surface area (Å²) in [4.78, 5) is 24.1. The molecule has 0 spiro atoms. The van der Waals surface area contributed by atoms with Gasteiger partial charge in [-0.2, -0.15) is 0 Å². The van der Waals surface area contributed by atoms with E-state index in [4.69, 9.17) is 4.74 Å². The van der Waals surface area contributed by atoms with Gasteiger partial charge in [0.1, 0.15) is 11.6 Å². The Morgan fingerprint density at radius 1 is 1.04 bits per heavy atom. The number of amides is 2. The van der Waals surface area contributed by atoms with E-state index >= 15 is 0 Å². The summed E-state index contributed by atoms with van der Waals surface area (Å²) in [6.07, 6.45) is 0.550. The Hall–Kier alpha value is -2.89. The molecule has 138 valence electrons. The molecule has 0 bridgehead atoms. The summed E-state index contributed by atoms with van der Waals surface area (Å²) in [6, 6.07) is 10.8. The van der Waals surface area contributed by atoms with Crippen molar-refractivity contribution in [1.82, 2.24) is 0 Å². The van der Waals surface area contributed by atoms with Crippen LogP contribution in [0.2, 0.25) is 0 Å². The summed E-state index contributed by atoms with van der Waals surface area (Å²) in [6.45, 7) is 3.94. The van der Waals surface area contributed by atoms with E-state index < -0.39 is 0 Å². The number of rotatable bonds is 7.